The number of nitrogens with one attached hydrogen (secondary N) is 1. The number of ketones is 1. The molecule has 0 fully saturated rings. The van der Waals surface area contributed by atoms with Crippen LogP contribution in [0.3, 0.4) is 0 Å². The Morgan fingerprint density at radius 3 is 2.47 bits per heavy atom. The first-order valence-electron chi connectivity index (χ1n) is 11.5. The third-order valence-corrected chi connectivity index (χ3v) is 7.47. The summed E-state index contributed by atoms with van der Waals surface area (Å²) in [5.74, 6) is -1.69. The van der Waals surface area contributed by atoms with Gasteiger partial charge in [-0.2, -0.15) is 0 Å². The summed E-state index contributed by atoms with van der Waals surface area (Å²) < 4.78 is 31.9. The van der Waals surface area contributed by atoms with Crippen molar-refractivity contribution in [1.82, 2.24) is 9.97 Å². The molecule has 5 aromatic rings. The lowest BCUT2D eigenvalue weighted by molar-refractivity contribution is 0.101. The van der Waals surface area contributed by atoms with Gasteiger partial charge in [0.1, 0.15) is 5.58 Å². The molecule has 2 heterocycles. The smallest absolute Gasteiger partial charge is 0.276 e. The van der Waals surface area contributed by atoms with Crippen LogP contribution in [0.5, 0.6) is 0 Å². The number of para-hydroxylation sites is 1. The van der Waals surface area contributed by atoms with Crippen molar-refractivity contribution in [3.8, 4) is 0 Å². The van der Waals surface area contributed by atoms with Crippen LogP contribution in [0.2, 0.25) is 5.02 Å². The second-order valence-electron chi connectivity index (χ2n) is 8.55. The topological polar surface area (TPSA) is 119 Å². The number of carbonyl (C=O) groups is 2. The van der Waals surface area contributed by atoms with Crippen LogP contribution >= 0.6 is 11.6 Å². The van der Waals surface area contributed by atoms with Crippen molar-refractivity contribution in [3.63, 3.8) is 0 Å². The minimum Gasteiger partial charge on any atom is -0.450 e. The van der Waals surface area contributed by atoms with Crippen LogP contribution in [0.4, 0.5) is 5.69 Å². The van der Waals surface area contributed by atoms with E-state index in [1.54, 1.807) is 72.8 Å². The predicted molar refractivity (Wildman–Crippen MR) is 143 cm³/mol. The number of aryl methyl sites for hydroxylation is 1. The summed E-state index contributed by atoms with van der Waals surface area (Å²) >= 11 is 6.21. The maximum atomic E-state index is 13.3. The fourth-order valence-corrected chi connectivity index (χ4v) is 5.34. The van der Waals surface area contributed by atoms with E-state index >= 15 is 0 Å². The molecule has 1 N–H and O–H groups in total. The lowest BCUT2D eigenvalue weighted by Crippen LogP contribution is -2.19. The molecule has 1 amide bonds. The van der Waals surface area contributed by atoms with Gasteiger partial charge in [0, 0.05) is 10.9 Å². The van der Waals surface area contributed by atoms with E-state index in [9.17, 15) is 18.0 Å². The number of carbonyl (C=O) groups excluding carboxylic acids is 2. The highest BCUT2D eigenvalue weighted by molar-refractivity contribution is 7.90. The largest absolute Gasteiger partial charge is 0.450 e. The Morgan fingerprint density at radius 2 is 1.71 bits per heavy atom. The molecule has 0 bridgehead atoms. The Balaban J connectivity index is 1.50. The van der Waals surface area contributed by atoms with E-state index in [1.165, 1.54) is 0 Å². The van der Waals surface area contributed by atoms with E-state index in [1.807, 2.05) is 13.0 Å². The van der Waals surface area contributed by atoms with Crippen molar-refractivity contribution in [2.24, 2.45) is 0 Å². The van der Waals surface area contributed by atoms with Crippen molar-refractivity contribution in [1.29, 1.82) is 0 Å². The van der Waals surface area contributed by atoms with Gasteiger partial charge in [0.25, 0.3) is 5.91 Å². The van der Waals surface area contributed by atoms with Gasteiger partial charge in [-0.25, -0.2) is 18.4 Å². The number of aromatic nitrogens is 2. The summed E-state index contributed by atoms with van der Waals surface area (Å²) in [6, 6.07) is 22.3. The van der Waals surface area contributed by atoms with E-state index in [-0.39, 0.29) is 27.9 Å². The quantitative estimate of drug-likeness (QED) is 0.207. The Hall–Kier alpha value is -4.34. The van der Waals surface area contributed by atoms with Gasteiger partial charge in [-0.1, -0.05) is 83.9 Å². The Labute approximate surface area is 223 Å². The van der Waals surface area contributed by atoms with E-state index in [2.05, 4.69) is 15.3 Å². The number of anilines is 1. The van der Waals surface area contributed by atoms with Gasteiger partial charge in [0.2, 0.25) is 20.8 Å². The molecule has 0 aliphatic heterocycles. The van der Waals surface area contributed by atoms with Gasteiger partial charge in [-0.15, -0.1) is 0 Å². The normalized spacial score (nSPS) is 11.4. The van der Waals surface area contributed by atoms with Crippen LogP contribution in [-0.2, 0) is 15.6 Å². The minimum absolute atomic E-state index is 0.0804. The standard InChI is InChI=1S/C28H20ClN3O5S/c1-17-8-7-9-18(14-17)16-38(35,36)28-30-15-21(29)24(32-28)27(34)31-23-20-12-5-6-13-22(20)37-26(23)25(33)19-10-3-2-4-11-19/h2-15H,16H2,1H3,(H,31,34). The maximum absolute atomic E-state index is 13.3. The summed E-state index contributed by atoms with van der Waals surface area (Å²) in [7, 11) is -3.99. The maximum Gasteiger partial charge on any atom is 0.276 e. The zero-order valence-electron chi connectivity index (χ0n) is 20.0. The Morgan fingerprint density at radius 1 is 0.974 bits per heavy atom. The molecule has 5 rings (SSSR count). The average molecular weight is 546 g/mol. The predicted octanol–water partition coefficient (Wildman–Crippen LogP) is 5.64. The molecule has 2 aromatic heterocycles. The Kier molecular flexibility index (Phi) is 6.79. The third-order valence-electron chi connectivity index (χ3n) is 5.73. The summed E-state index contributed by atoms with van der Waals surface area (Å²) in [5, 5.41) is 2.45. The SMILES string of the molecule is Cc1cccc(CS(=O)(=O)c2ncc(Cl)c(C(=O)Nc3c(C(=O)c4ccccc4)oc4ccccc34)n2)c1. The molecule has 0 spiro atoms. The lowest BCUT2D eigenvalue weighted by atomic mass is 10.1. The number of amides is 1. The molecule has 0 saturated carbocycles. The number of nitrogens with zero attached hydrogens (tertiary/aromatic N) is 2. The van der Waals surface area contributed by atoms with Crippen molar-refractivity contribution >= 4 is 49.8 Å². The van der Waals surface area contributed by atoms with E-state index < -0.39 is 26.7 Å². The zero-order chi connectivity index (χ0) is 26.9. The number of hydrogen-bond acceptors (Lipinski definition) is 7. The highest BCUT2D eigenvalue weighted by Gasteiger charge is 2.27. The molecular weight excluding hydrogens is 526 g/mol. The number of benzene rings is 3. The van der Waals surface area contributed by atoms with Gasteiger partial charge in [-0.05, 0) is 24.6 Å². The summed E-state index contributed by atoms with van der Waals surface area (Å²) in [5.41, 5.74) is 1.99. The summed E-state index contributed by atoms with van der Waals surface area (Å²) in [6.45, 7) is 1.85. The van der Waals surface area contributed by atoms with E-state index in [4.69, 9.17) is 16.0 Å². The lowest BCUT2D eigenvalue weighted by Gasteiger charge is -2.09. The molecule has 0 aliphatic rings. The van der Waals surface area contributed by atoms with Crippen molar-refractivity contribution in [2.75, 3.05) is 5.32 Å². The van der Waals surface area contributed by atoms with Crippen LogP contribution in [0, 0.1) is 6.92 Å². The summed E-state index contributed by atoms with van der Waals surface area (Å²) in [6.07, 6.45) is 1.07. The van der Waals surface area contributed by atoms with E-state index in [0.717, 1.165) is 11.8 Å². The van der Waals surface area contributed by atoms with Crippen molar-refractivity contribution in [3.05, 3.63) is 118 Å². The Bertz CT molecular complexity index is 1800. The molecular formula is C28H20ClN3O5S. The average Bonchev–Trinajstić information content (AvgIpc) is 3.26. The molecule has 0 radical (unpaired) electrons. The highest BCUT2D eigenvalue weighted by atomic mass is 35.5. The minimum atomic E-state index is -3.99. The second-order valence-corrected chi connectivity index (χ2v) is 10.8. The van der Waals surface area contributed by atoms with Gasteiger partial charge >= 0.3 is 0 Å². The number of furan rings is 1. The first kappa shape index (κ1) is 25.3. The van der Waals surface area contributed by atoms with Gasteiger partial charge in [0.15, 0.2) is 11.5 Å². The fraction of sp³-hybridized carbons (Fsp3) is 0.0714. The second kappa shape index (κ2) is 10.2. The number of rotatable bonds is 7. The molecule has 3 aromatic carbocycles. The summed E-state index contributed by atoms with van der Waals surface area (Å²) in [4.78, 5) is 34.4. The number of sulfone groups is 1. The molecule has 8 nitrogen and oxygen atoms in total. The zero-order valence-corrected chi connectivity index (χ0v) is 21.6. The molecule has 10 heteroatoms. The van der Waals surface area contributed by atoms with Gasteiger partial charge in [0.05, 0.1) is 22.7 Å². The van der Waals surface area contributed by atoms with Crippen molar-refractivity contribution < 1.29 is 22.4 Å². The van der Waals surface area contributed by atoms with Crippen LogP contribution in [0.15, 0.2) is 94.6 Å². The van der Waals surface area contributed by atoms with Crippen LogP contribution in [-0.4, -0.2) is 30.1 Å². The van der Waals surface area contributed by atoms with Gasteiger partial charge in [-0.3, -0.25) is 9.59 Å². The number of fused-ring (bicyclic) bond motifs is 1. The van der Waals surface area contributed by atoms with Crippen molar-refractivity contribution in [2.45, 2.75) is 17.8 Å². The van der Waals surface area contributed by atoms with Gasteiger partial charge < -0.3 is 9.73 Å². The van der Waals surface area contributed by atoms with Crippen LogP contribution < -0.4 is 5.32 Å². The number of halogens is 1. The molecule has 190 valence electrons. The van der Waals surface area contributed by atoms with E-state index in [0.29, 0.717) is 22.1 Å². The third kappa shape index (κ3) is 5.06. The molecule has 38 heavy (non-hydrogen) atoms. The highest BCUT2D eigenvalue weighted by Crippen LogP contribution is 2.33. The first-order valence-corrected chi connectivity index (χ1v) is 13.5. The number of hydrogen-bond donors (Lipinski definition) is 1. The molecule has 0 unspecified atom stereocenters. The fourth-order valence-electron chi connectivity index (χ4n) is 3.97. The first-order chi connectivity index (χ1) is 18.2. The molecule has 0 atom stereocenters. The van der Waals surface area contributed by atoms with Crippen LogP contribution in [0.1, 0.15) is 37.7 Å². The monoisotopic (exact) mass is 545 g/mol. The van der Waals surface area contributed by atoms with Crippen LogP contribution in [0.25, 0.3) is 11.0 Å². The molecule has 0 saturated heterocycles. The molecule has 0 aliphatic carbocycles.